The average molecular weight is 907 g/mol. The van der Waals surface area contributed by atoms with Crippen LogP contribution >= 0.6 is 17.0 Å². The summed E-state index contributed by atoms with van der Waals surface area (Å²) in [6.45, 7) is 21.6. The quantitative estimate of drug-likeness (QED) is 0.143. The molecule has 0 aliphatic heterocycles. The number of methoxy groups -OCH3 is 2. The molecule has 2 heterocycles. The second-order valence-electron chi connectivity index (χ2n) is 16.8. The van der Waals surface area contributed by atoms with Crippen LogP contribution in [0.5, 0.6) is 11.5 Å². The zero-order chi connectivity index (χ0) is 41.6. The Bertz CT molecular complexity index is 2610. The van der Waals surface area contributed by atoms with Gasteiger partial charge in [0.05, 0.1) is 0 Å². The molecule has 0 spiro atoms. The van der Waals surface area contributed by atoms with E-state index >= 15 is 0 Å². The number of hydrogen-bond acceptors (Lipinski definition) is 4. The van der Waals surface area contributed by atoms with Gasteiger partial charge in [-0.05, 0) is 0 Å². The average Bonchev–Trinajstić information content (AvgIpc) is 3.96. The Morgan fingerprint density at radius 1 is 0.517 bits per heavy atom. The molecule has 2 aliphatic carbocycles. The molecule has 0 saturated carbocycles. The van der Waals surface area contributed by atoms with Gasteiger partial charge in [-0.2, -0.15) is 0 Å². The first-order valence-electron chi connectivity index (χ1n) is 20.0. The van der Waals surface area contributed by atoms with Gasteiger partial charge in [0, 0.05) is 0 Å². The van der Waals surface area contributed by atoms with Crippen molar-refractivity contribution < 1.29 is 33.3 Å². The zero-order valence-corrected chi connectivity index (χ0v) is 40.6. The van der Waals surface area contributed by atoms with Crippen LogP contribution < -0.4 is 9.47 Å². The first-order chi connectivity index (χ1) is 27.5. The summed E-state index contributed by atoms with van der Waals surface area (Å²) >= 11 is -5.44. The van der Waals surface area contributed by atoms with Crippen molar-refractivity contribution in [1.29, 1.82) is 0 Å². The van der Waals surface area contributed by atoms with E-state index in [1.165, 1.54) is 33.4 Å². The van der Waals surface area contributed by atoms with Crippen molar-refractivity contribution in [3.05, 3.63) is 151 Å². The fraction of sp³-hybridized carbons (Fsp3) is 0.280. The summed E-state index contributed by atoms with van der Waals surface area (Å²) in [7, 11) is 21.4. The number of aryl methyl sites for hydroxylation is 8. The molecule has 0 radical (unpaired) electrons. The van der Waals surface area contributed by atoms with Gasteiger partial charge in [-0.15, -0.1) is 0 Å². The summed E-state index contributed by atoms with van der Waals surface area (Å²) in [5.41, 5.74) is 16.8. The molecule has 2 atom stereocenters. The molecule has 0 N–H and O–H groups in total. The predicted molar refractivity (Wildman–Crippen MR) is 243 cm³/mol. The first kappa shape index (κ1) is 41.0. The van der Waals surface area contributed by atoms with Gasteiger partial charge in [-0.3, -0.25) is 0 Å². The molecule has 0 bridgehead atoms. The topological polar surface area (TPSA) is 44.7 Å². The third-order valence-corrected chi connectivity index (χ3v) is 59.0. The predicted octanol–water partition coefficient (Wildman–Crippen LogP) is 14.8. The molecule has 0 fully saturated rings. The Morgan fingerprint density at radius 2 is 0.879 bits per heavy atom. The fourth-order valence-electron chi connectivity index (χ4n) is 10.2. The van der Waals surface area contributed by atoms with Crippen LogP contribution in [0.15, 0.2) is 81.6 Å². The van der Waals surface area contributed by atoms with Crippen molar-refractivity contribution in [2.45, 2.75) is 75.7 Å². The summed E-state index contributed by atoms with van der Waals surface area (Å²) in [4.78, 5) is 0. The molecule has 2 aromatic heterocycles. The van der Waals surface area contributed by atoms with Gasteiger partial charge in [0.1, 0.15) is 0 Å². The van der Waals surface area contributed by atoms with E-state index < -0.39 is 20.4 Å². The Kier molecular flexibility index (Phi) is 10.4. The molecule has 8 rings (SSSR count). The standard InChI is InChI=1S/2C24H23O2.C2H6Si.2ClH.Zr/c2*1-14-6-8-18-12-19(22-9-7-17(4)26-22)13-21(18)23(14)20-10-15(2)24(25-5)16(3)11-20;1-3-2;;;/h2*6-13H,1-5H3;1-2H3;2*1H;/q;;;;;+2/p-2. The van der Waals surface area contributed by atoms with E-state index in [9.17, 15) is 0 Å². The normalized spacial score (nSPS) is 16.3. The Hall–Kier alpha value is -3.80. The molecular formula is C50H52Cl2O4SiZr. The fourth-order valence-corrected chi connectivity index (χ4v) is 37.9. The van der Waals surface area contributed by atoms with Crippen LogP contribution in [0, 0.1) is 55.4 Å². The van der Waals surface area contributed by atoms with Gasteiger partial charge in [-0.1, -0.05) is 0 Å². The van der Waals surface area contributed by atoms with E-state index in [0.29, 0.717) is 0 Å². The van der Waals surface area contributed by atoms with Gasteiger partial charge in [-0.25, -0.2) is 0 Å². The minimum absolute atomic E-state index is 0.264. The number of hydrogen-bond donors (Lipinski definition) is 0. The minimum atomic E-state index is -5.44. The Balaban J connectivity index is 1.45. The molecule has 4 nitrogen and oxygen atoms in total. The van der Waals surface area contributed by atoms with Gasteiger partial charge in [0.25, 0.3) is 0 Å². The van der Waals surface area contributed by atoms with Crippen molar-refractivity contribution in [2.24, 2.45) is 0 Å². The van der Waals surface area contributed by atoms with Crippen LogP contribution in [0.1, 0.15) is 85.9 Å². The van der Waals surface area contributed by atoms with Crippen LogP contribution in [-0.4, -0.2) is 19.7 Å². The molecule has 0 saturated heterocycles. The van der Waals surface area contributed by atoms with E-state index in [-0.39, 0.29) is 7.25 Å². The zero-order valence-electron chi connectivity index (χ0n) is 35.6. The second kappa shape index (κ2) is 14.7. The van der Waals surface area contributed by atoms with Crippen molar-refractivity contribution in [3.63, 3.8) is 0 Å². The van der Waals surface area contributed by atoms with Crippen molar-refractivity contribution in [3.8, 4) is 33.8 Å². The van der Waals surface area contributed by atoms with E-state index in [1.54, 1.807) is 14.2 Å². The van der Waals surface area contributed by atoms with E-state index in [4.69, 9.17) is 35.3 Å². The summed E-state index contributed by atoms with van der Waals surface area (Å²) in [5, 5.41) is 0. The first-order valence-corrected chi connectivity index (χ1v) is 35.4. The van der Waals surface area contributed by atoms with Crippen LogP contribution in [-0.2, 0) is 15.0 Å². The summed E-state index contributed by atoms with van der Waals surface area (Å²) < 4.78 is 24.2. The maximum absolute atomic E-state index is 8.98. The van der Waals surface area contributed by atoms with E-state index in [0.717, 1.165) is 90.2 Å². The summed E-state index contributed by atoms with van der Waals surface area (Å²) in [5.74, 6) is 5.17. The second-order valence-corrected chi connectivity index (χ2v) is 55.6. The summed E-state index contributed by atoms with van der Waals surface area (Å²) in [6.07, 6.45) is 4.69. The van der Waals surface area contributed by atoms with Gasteiger partial charge in [0.2, 0.25) is 0 Å². The van der Waals surface area contributed by atoms with Crippen molar-refractivity contribution in [2.75, 3.05) is 14.2 Å². The SMILES string of the molecule is COc1c(C)cc(-c2c(C)ccc3c2C=C(c2ccc(C)o2)[CH]3[Zr]([Cl])([Cl])([CH]2C(c3ccc(C)o3)=Cc3c2ccc(C)c3-c2cc(C)c(OC)c(C)c2)=[Si](C)C)cc1C. The molecule has 6 aromatic rings. The molecule has 2 aliphatic rings. The van der Waals surface area contributed by atoms with Crippen LogP contribution in [0.4, 0.5) is 0 Å². The molecule has 2 unspecified atom stereocenters. The van der Waals surface area contributed by atoms with Crippen molar-refractivity contribution in [1.82, 2.24) is 0 Å². The van der Waals surface area contributed by atoms with Gasteiger partial charge >= 0.3 is 354 Å². The molecule has 8 heteroatoms. The number of benzene rings is 4. The van der Waals surface area contributed by atoms with E-state index in [2.05, 4.69) is 127 Å². The number of fused-ring (bicyclic) bond motifs is 2. The van der Waals surface area contributed by atoms with Crippen LogP contribution in [0.25, 0.3) is 45.6 Å². The summed E-state index contributed by atoms with van der Waals surface area (Å²) in [6, 6.07) is 26.4. The number of halogens is 2. The van der Waals surface area contributed by atoms with Gasteiger partial charge in [0.15, 0.2) is 0 Å². The molecule has 4 aromatic carbocycles. The van der Waals surface area contributed by atoms with Crippen LogP contribution in [0.2, 0.25) is 13.1 Å². The maximum atomic E-state index is 8.98. The molecule has 298 valence electrons. The van der Waals surface area contributed by atoms with E-state index in [1.807, 2.05) is 26.0 Å². The number of allylic oxidation sites excluding steroid dienone is 2. The van der Waals surface area contributed by atoms with Crippen LogP contribution in [0.3, 0.4) is 0 Å². The molecule has 0 amide bonds. The number of rotatable bonds is 8. The Morgan fingerprint density at radius 3 is 1.17 bits per heavy atom. The third-order valence-electron chi connectivity index (χ3n) is 12.8. The third kappa shape index (κ3) is 6.23. The monoisotopic (exact) mass is 904 g/mol. The van der Waals surface area contributed by atoms with Gasteiger partial charge < -0.3 is 0 Å². The number of ether oxygens (including phenoxy) is 2. The molecule has 58 heavy (non-hydrogen) atoms. The number of furan rings is 2. The van der Waals surface area contributed by atoms with Crippen molar-refractivity contribution >= 4 is 45.8 Å². The molecular weight excluding hydrogens is 855 g/mol. The Labute approximate surface area is 351 Å².